The number of hydrogen-bond acceptors (Lipinski definition) is 5. The molecule has 2 aromatic carbocycles. The van der Waals surface area contributed by atoms with Crippen LogP contribution in [-0.4, -0.2) is 30.0 Å². The molecule has 0 bridgehead atoms. The molecule has 1 heterocycles. The van der Waals surface area contributed by atoms with Crippen molar-refractivity contribution >= 4 is 23.2 Å². The summed E-state index contributed by atoms with van der Waals surface area (Å²) in [6.45, 7) is 4.30. The monoisotopic (exact) mass is 408 g/mol. The molecule has 0 spiro atoms. The van der Waals surface area contributed by atoms with Crippen molar-refractivity contribution in [3.05, 3.63) is 65.9 Å². The van der Waals surface area contributed by atoms with Crippen LogP contribution >= 0.6 is 11.3 Å². The van der Waals surface area contributed by atoms with Crippen LogP contribution in [0.2, 0.25) is 0 Å². The van der Waals surface area contributed by atoms with Gasteiger partial charge in [0.2, 0.25) is 0 Å². The van der Waals surface area contributed by atoms with Crippen molar-refractivity contribution in [3.63, 3.8) is 0 Å². The SMILES string of the molecule is CCCNC(=O)COC(=O)Cc1nc(-c2ccccc2)sc1-c1ccc(C)cc1. The van der Waals surface area contributed by atoms with Crippen molar-refractivity contribution in [3.8, 4) is 21.0 Å². The number of esters is 1. The fraction of sp³-hybridized carbons (Fsp3) is 0.261. The van der Waals surface area contributed by atoms with Crippen LogP contribution in [0.1, 0.15) is 24.6 Å². The summed E-state index contributed by atoms with van der Waals surface area (Å²) in [4.78, 5) is 29.7. The van der Waals surface area contributed by atoms with Crippen LogP contribution < -0.4 is 5.32 Å². The highest BCUT2D eigenvalue weighted by atomic mass is 32.1. The molecule has 0 aliphatic carbocycles. The van der Waals surface area contributed by atoms with Gasteiger partial charge in [-0.15, -0.1) is 11.3 Å². The van der Waals surface area contributed by atoms with E-state index in [1.54, 1.807) is 11.3 Å². The number of carbonyl (C=O) groups is 2. The highest BCUT2D eigenvalue weighted by Gasteiger charge is 2.18. The minimum Gasteiger partial charge on any atom is -0.455 e. The average molecular weight is 409 g/mol. The number of ether oxygens (including phenoxy) is 1. The number of amides is 1. The Morgan fingerprint density at radius 1 is 1.03 bits per heavy atom. The van der Waals surface area contributed by atoms with Crippen LogP contribution in [0.3, 0.4) is 0 Å². The van der Waals surface area contributed by atoms with E-state index in [4.69, 9.17) is 9.72 Å². The number of thiazole rings is 1. The van der Waals surface area contributed by atoms with E-state index in [9.17, 15) is 9.59 Å². The molecule has 0 aliphatic rings. The molecular weight excluding hydrogens is 384 g/mol. The summed E-state index contributed by atoms with van der Waals surface area (Å²) in [7, 11) is 0. The number of carbonyl (C=O) groups excluding carboxylic acids is 2. The Balaban J connectivity index is 1.80. The number of rotatable bonds is 8. The Hall–Kier alpha value is -2.99. The number of aromatic nitrogens is 1. The van der Waals surface area contributed by atoms with Gasteiger partial charge in [-0.05, 0) is 18.9 Å². The number of benzene rings is 2. The van der Waals surface area contributed by atoms with Gasteiger partial charge in [-0.1, -0.05) is 67.1 Å². The molecule has 1 amide bonds. The van der Waals surface area contributed by atoms with Gasteiger partial charge in [-0.25, -0.2) is 4.98 Å². The third kappa shape index (κ3) is 5.74. The standard InChI is InChI=1S/C23H24N2O3S/c1-3-13-24-20(26)15-28-21(27)14-19-22(17-11-9-16(2)10-12-17)29-23(25-19)18-7-5-4-6-8-18/h4-12H,3,13-15H2,1-2H3,(H,24,26). The van der Waals surface area contributed by atoms with E-state index in [0.29, 0.717) is 12.2 Å². The second-order valence-corrected chi connectivity index (χ2v) is 7.71. The lowest BCUT2D eigenvalue weighted by atomic mass is 10.1. The molecule has 0 unspecified atom stereocenters. The van der Waals surface area contributed by atoms with E-state index in [0.717, 1.165) is 27.4 Å². The number of aryl methyl sites for hydroxylation is 1. The van der Waals surface area contributed by atoms with Crippen molar-refractivity contribution < 1.29 is 14.3 Å². The first-order chi connectivity index (χ1) is 14.1. The van der Waals surface area contributed by atoms with E-state index >= 15 is 0 Å². The summed E-state index contributed by atoms with van der Waals surface area (Å²) in [6.07, 6.45) is 0.855. The van der Waals surface area contributed by atoms with Crippen LogP contribution in [-0.2, 0) is 20.7 Å². The molecule has 3 aromatic rings. The molecule has 0 atom stereocenters. The zero-order chi connectivity index (χ0) is 20.6. The zero-order valence-corrected chi connectivity index (χ0v) is 17.4. The van der Waals surface area contributed by atoms with Crippen molar-refractivity contribution in [1.29, 1.82) is 0 Å². The van der Waals surface area contributed by atoms with Gasteiger partial charge in [0.1, 0.15) is 5.01 Å². The van der Waals surface area contributed by atoms with E-state index in [-0.39, 0.29) is 18.9 Å². The van der Waals surface area contributed by atoms with Gasteiger partial charge in [0.15, 0.2) is 6.61 Å². The maximum Gasteiger partial charge on any atom is 0.312 e. The molecule has 150 valence electrons. The van der Waals surface area contributed by atoms with Crippen molar-refractivity contribution in [2.75, 3.05) is 13.2 Å². The van der Waals surface area contributed by atoms with E-state index in [2.05, 4.69) is 5.32 Å². The molecular formula is C23H24N2O3S. The summed E-state index contributed by atoms with van der Waals surface area (Å²) in [5, 5.41) is 3.54. The first kappa shape index (κ1) is 20.7. The summed E-state index contributed by atoms with van der Waals surface area (Å²) >= 11 is 1.55. The maximum atomic E-state index is 12.3. The largest absolute Gasteiger partial charge is 0.455 e. The van der Waals surface area contributed by atoms with Gasteiger partial charge < -0.3 is 10.1 Å². The van der Waals surface area contributed by atoms with Gasteiger partial charge in [0, 0.05) is 12.1 Å². The summed E-state index contributed by atoms with van der Waals surface area (Å²) in [6, 6.07) is 18.0. The fourth-order valence-corrected chi connectivity index (χ4v) is 3.85. The predicted molar refractivity (Wildman–Crippen MR) is 116 cm³/mol. The normalized spacial score (nSPS) is 10.6. The molecule has 0 saturated heterocycles. The molecule has 0 aliphatic heterocycles. The van der Waals surface area contributed by atoms with Gasteiger partial charge in [0.05, 0.1) is 17.0 Å². The third-order valence-corrected chi connectivity index (χ3v) is 5.48. The molecule has 1 N–H and O–H groups in total. The summed E-state index contributed by atoms with van der Waals surface area (Å²) in [5.74, 6) is -0.753. The quantitative estimate of drug-likeness (QED) is 0.561. The molecule has 5 nitrogen and oxygen atoms in total. The Kier molecular flexibility index (Phi) is 7.14. The first-order valence-electron chi connectivity index (χ1n) is 9.61. The minimum atomic E-state index is -0.463. The molecule has 6 heteroatoms. The van der Waals surface area contributed by atoms with Crippen LogP contribution in [0.15, 0.2) is 54.6 Å². The molecule has 1 aromatic heterocycles. The Bertz CT molecular complexity index is 966. The van der Waals surface area contributed by atoms with E-state index < -0.39 is 5.97 Å². The number of nitrogens with zero attached hydrogens (tertiary/aromatic N) is 1. The molecule has 29 heavy (non-hydrogen) atoms. The molecule has 3 rings (SSSR count). The van der Waals surface area contributed by atoms with Gasteiger partial charge in [0.25, 0.3) is 5.91 Å². The second kappa shape index (κ2) is 9.98. The van der Waals surface area contributed by atoms with Gasteiger partial charge in [-0.2, -0.15) is 0 Å². The highest BCUT2D eigenvalue weighted by Crippen LogP contribution is 2.36. The van der Waals surface area contributed by atoms with Gasteiger partial charge in [-0.3, -0.25) is 9.59 Å². The maximum absolute atomic E-state index is 12.3. The minimum absolute atomic E-state index is 0.0214. The van der Waals surface area contributed by atoms with Crippen molar-refractivity contribution in [2.45, 2.75) is 26.7 Å². The van der Waals surface area contributed by atoms with Gasteiger partial charge >= 0.3 is 5.97 Å². The van der Waals surface area contributed by atoms with Crippen LogP contribution in [0, 0.1) is 6.92 Å². The highest BCUT2D eigenvalue weighted by molar-refractivity contribution is 7.18. The molecule has 0 saturated carbocycles. The lowest BCUT2D eigenvalue weighted by Gasteiger charge is -2.06. The third-order valence-electron chi connectivity index (χ3n) is 4.28. The topological polar surface area (TPSA) is 68.3 Å². The number of nitrogens with one attached hydrogen (secondary N) is 1. The van der Waals surface area contributed by atoms with Crippen molar-refractivity contribution in [2.24, 2.45) is 0 Å². The second-order valence-electron chi connectivity index (χ2n) is 6.71. The first-order valence-corrected chi connectivity index (χ1v) is 10.4. The van der Waals surface area contributed by atoms with Crippen LogP contribution in [0.25, 0.3) is 21.0 Å². The Morgan fingerprint density at radius 2 is 1.76 bits per heavy atom. The predicted octanol–water partition coefficient (Wildman–Crippen LogP) is 4.40. The summed E-state index contributed by atoms with van der Waals surface area (Å²) < 4.78 is 5.14. The number of hydrogen-bond donors (Lipinski definition) is 1. The lowest BCUT2D eigenvalue weighted by Crippen LogP contribution is -2.29. The Labute approximate surface area is 174 Å². The molecule has 0 fully saturated rings. The zero-order valence-electron chi connectivity index (χ0n) is 16.6. The summed E-state index contributed by atoms with van der Waals surface area (Å²) in [5.41, 5.74) is 3.85. The Morgan fingerprint density at radius 3 is 2.45 bits per heavy atom. The fourth-order valence-electron chi connectivity index (χ4n) is 2.76. The van der Waals surface area contributed by atoms with Crippen LogP contribution in [0.4, 0.5) is 0 Å². The molecule has 0 radical (unpaired) electrons. The average Bonchev–Trinajstić information content (AvgIpc) is 3.15. The van der Waals surface area contributed by atoms with E-state index in [1.165, 1.54) is 5.56 Å². The van der Waals surface area contributed by atoms with Crippen molar-refractivity contribution in [1.82, 2.24) is 10.3 Å². The lowest BCUT2D eigenvalue weighted by molar-refractivity contribution is -0.147. The smallest absolute Gasteiger partial charge is 0.312 e. The van der Waals surface area contributed by atoms with E-state index in [1.807, 2.05) is 68.4 Å². The van der Waals surface area contributed by atoms with Crippen LogP contribution in [0.5, 0.6) is 0 Å².